The van der Waals surface area contributed by atoms with Gasteiger partial charge in [0, 0.05) is 0 Å². The molecule has 0 unspecified atom stereocenters. The summed E-state index contributed by atoms with van der Waals surface area (Å²) in [4.78, 5) is 20.3. The zero-order valence-electron chi connectivity index (χ0n) is 11.2. The first-order valence-corrected chi connectivity index (χ1v) is 5.40. The minimum Gasteiger partial charge on any atom is -0.872 e. The second-order valence-corrected chi connectivity index (χ2v) is 3.58. The van der Waals surface area contributed by atoms with Gasteiger partial charge in [0.15, 0.2) is 0 Å². The maximum Gasteiger partial charge on any atom is 3.00 e. The molecule has 22 heavy (non-hydrogen) atoms. The van der Waals surface area contributed by atoms with E-state index in [-0.39, 0.29) is 34.0 Å². The van der Waals surface area contributed by atoms with Crippen molar-refractivity contribution in [3.63, 3.8) is 0 Å². The summed E-state index contributed by atoms with van der Waals surface area (Å²) in [5, 5.41) is 39.8. The Hall–Kier alpha value is -2.53. The number of carbonyl (C=O) groups is 2. The van der Waals surface area contributed by atoms with Crippen molar-refractivity contribution < 1.29 is 35.5 Å². The first kappa shape index (κ1) is 21.8. The van der Waals surface area contributed by atoms with Gasteiger partial charge in [0.05, 0.1) is 11.5 Å². The number of rotatable bonds is 2. The minimum atomic E-state index is -1.43. The summed E-state index contributed by atoms with van der Waals surface area (Å²) >= 11 is 0. The van der Waals surface area contributed by atoms with Crippen LogP contribution >= 0.6 is 0 Å². The largest absolute Gasteiger partial charge is 3.00 e. The predicted octanol–water partition coefficient (Wildman–Crippen LogP) is -1.62. The van der Waals surface area contributed by atoms with E-state index in [2.05, 4.69) is 0 Å². The van der Waals surface area contributed by atoms with E-state index in [1.54, 1.807) is 0 Å². The van der Waals surface area contributed by atoms with Gasteiger partial charge in [-0.15, -0.1) is 0 Å². The monoisotopic (exact) mass is 318 g/mol. The summed E-state index contributed by atoms with van der Waals surface area (Å²) in [7, 11) is 0. The molecular formula is C14H11AlO7. The standard InChI is InChI=1S/2C7H6O3.Al.H2O/c2*8-6-4-2-1-3-5(6)7(9)10;;/h2*1-4,8H,(H,9,10);;1H2/q;;+3;/p-3. The molecule has 0 fully saturated rings. The molecule has 0 aliphatic rings. The molecule has 112 valence electrons. The summed E-state index contributed by atoms with van der Waals surface area (Å²) in [5.74, 6) is -3.56. The maximum atomic E-state index is 10.7. The molecule has 7 nitrogen and oxygen atoms in total. The van der Waals surface area contributed by atoms with Crippen LogP contribution < -0.4 is 15.3 Å². The number of hydrogen-bond donors (Lipinski definition) is 1. The molecular weight excluding hydrogens is 307 g/mol. The fraction of sp³-hybridized carbons (Fsp3) is 0. The summed E-state index contributed by atoms with van der Waals surface area (Å²) in [6.45, 7) is 0. The quantitative estimate of drug-likeness (QED) is 0.656. The van der Waals surface area contributed by atoms with Crippen LogP contribution in [-0.2, 0) is 0 Å². The van der Waals surface area contributed by atoms with Crippen LogP contribution in [0.3, 0.4) is 0 Å². The maximum absolute atomic E-state index is 10.7. The van der Waals surface area contributed by atoms with E-state index < -0.39 is 23.4 Å². The normalized spacial score (nSPS) is 8.36. The number of para-hydroxylation sites is 2. The van der Waals surface area contributed by atoms with Gasteiger partial charge in [-0.25, -0.2) is 4.79 Å². The molecule has 0 saturated heterocycles. The van der Waals surface area contributed by atoms with E-state index in [1.165, 1.54) is 48.5 Å². The molecule has 2 aromatic carbocycles. The summed E-state index contributed by atoms with van der Waals surface area (Å²) < 4.78 is 0. The van der Waals surface area contributed by atoms with Crippen LogP contribution in [0, 0.1) is 0 Å². The van der Waals surface area contributed by atoms with Crippen molar-refractivity contribution in [3.05, 3.63) is 59.7 Å². The van der Waals surface area contributed by atoms with Crippen LogP contribution in [0.15, 0.2) is 48.5 Å². The van der Waals surface area contributed by atoms with Crippen molar-refractivity contribution in [2.45, 2.75) is 0 Å². The molecule has 0 spiro atoms. The molecule has 0 saturated carbocycles. The molecule has 0 radical (unpaired) electrons. The predicted molar refractivity (Wildman–Crippen MR) is 72.4 cm³/mol. The minimum absolute atomic E-state index is 0. The van der Waals surface area contributed by atoms with Crippen molar-refractivity contribution in [2.24, 2.45) is 0 Å². The molecule has 8 heteroatoms. The van der Waals surface area contributed by atoms with Crippen LogP contribution in [0.5, 0.6) is 11.5 Å². The molecule has 0 heterocycles. The van der Waals surface area contributed by atoms with Gasteiger partial charge in [0.1, 0.15) is 0 Å². The van der Waals surface area contributed by atoms with Crippen molar-refractivity contribution in [1.82, 2.24) is 0 Å². The average molecular weight is 318 g/mol. The Morgan fingerprint density at radius 3 is 1.41 bits per heavy atom. The zero-order chi connectivity index (χ0) is 15.1. The third-order valence-electron chi connectivity index (χ3n) is 2.22. The topological polar surface area (TPSA) is 155 Å². The molecule has 2 rings (SSSR count). The third kappa shape index (κ3) is 6.28. The fourth-order valence-corrected chi connectivity index (χ4v) is 1.28. The Balaban J connectivity index is 0. The first-order valence-electron chi connectivity index (χ1n) is 5.40. The number of hydrogen-bond acceptors (Lipinski definition) is 5. The SMILES string of the molecule is O.O=C(O)c1ccccc1[O-].O=C([O-])c1ccccc1[O-].[Al+3]. The number of carboxylic acids is 2. The van der Waals surface area contributed by atoms with Gasteiger partial charge >= 0.3 is 23.3 Å². The Bertz CT molecular complexity index is 573. The molecule has 3 N–H and O–H groups in total. The summed E-state index contributed by atoms with van der Waals surface area (Å²) in [6, 6.07) is 10.9. The van der Waals surface area contributed by atoms with Gasteiger partial charge in [-0.1, -0.05) is 54.0 Å². The summed E-state index contributed by atoms with van der Waals surface area (Å²) in [5.41, 5.74) is -0.468. The Kier molecular flexibility index (Phi) is 10.1. The zero-order valence-corrected chi connectivity index (χ0v) is 12.3. The van der Waals surface area contributed by atoms with Gasteiger partial charge in [-0.05, 0) is 11.6 Å². The van der Waals surface area contributed by atoms with E-state index in [4.69, 9.17) is 5.11 Å². The number of carboxylic acid groups (broad SMARTS) is 2. The molecule has 2 aromatic rings. The van der Waals surface area contributed by atoms with E-state index in [1.807, 2.05) is 0 Å². The number of benzene rings is 2. The van der Waals surface area contributed by atoms with E-state index >= 15 is 0 Å². The van der Waals surface area contributed by atoms with Crippen LogP contribution in [0.1, 0.15) is 20.7 Å². The Labute approximate surface area is 136 Å². The van der Waals surface area contributed by atoms with E-state index in [0.29, 0.717) is 0 Å². The van der Waals surface area contributed by atoms with Gasteiger partial charge in [-0.3, -0.25) is 0 Å². The average Bonchev–Trinajstić information content (AvgIpc) is 2.40. The van der Waals surface area contributed by atoms with Crippen molar-refractivity contribution in [3.8, 4) is 11.5 Å². The number of carbonyl (C=O) groups excluding carboxylic acids is 1. The van der Waals surface area contributed by atoms with Crippen LogP contribution in [0.2, 0.25) is 0 Å². The first-order chi connectivity index (χ1) is 9.43. The van der Waals surface area contributed by atoms with E-state index in [9.17, 15) is 24.9 Å². The third-order valence-corrected chi connectivity index (χ3v) is 2.22. The number of aromatic carboxylic acids is 2. The molecule has 0 aliphatic carbocycles. The van der Waals surface area contributed by atoms with E-state index in [0.717, 1.165) is 0 Å². The smallest absolute Gasteiger partial charge is 0.872 e. The molecule has 0 atom stereocenters. The Morgan fingerprint density at radius 1 is 0.818 bits per heavy atom. The second-order valence-electron chi connectivity index (χ2n) is 3.58. The van der Waals surface area contributed by atoms with Crippen molar-refractivity contribution in [1.29, 1.82) is 0 Å². The molecule has 0 bridgehead atoms. The van der Waals surface area contributed by atoms with Gasteiger partial charge in [0.25, 0.3) is 0 Å². The van der Waals surface area contributed by atoms with Gasteiger partial charge in [0.2, 0.25) is 0 Å². The summed E-state index contributed by atoms with van der Waals surface area (Å²) in [6.07, 6.45) is 0. The van der Waals surface area contributed by atoms with Gasteiger partial charge in [-0.2, -0.15) is 0 Å². The fourth-order valence-electron chi connectivity index (χ4n) is 1.28. The second kappa shape index (κ2) is 10.2. The van der Waals surface area contributed by atoms with Gasteiger partial charge < -0.3 is 30.7 Å². The van der Waals surface area contributed by atoms with Crippen LogP contribution in [0.4, 0.5) is 0 Å². The van der Waals surface area contributed by atoms with Crippen molar-refractivity contribution >= 4 is 29.3 Å². The molecule has 0 amide bonds. The Morgan fingerprint density at radius 2 is 1.18 bits per heavy atom. The van der Waals surface area contributed by atoms with Crippen molar-refractivity contribution in [2.75, 3.05) is 0 Å². The van der Waals surface area contributed by atoms with Crippen LogP contribution in [0.25, 0.3) is 0 Å². The van der Waals surface area contributed by atoms with Crippen LogP contribution in [-0.4, -0.2) is 39.9 Å². The molecule has 0 aromatic heterocycles. The molecule has 0 aliphatic heterocycles.